The van der Waals surface area contributed by atoms with Gasteiger partial charge in [0.15, 0.2) is 0 Å². The highest BCUT2D eigenvalue weighted by atomic mass is 16.2. The molecule has 3 aromatic rings. The normalized spacial score (nSPS) is 15.8. The third-order valence-electron chi connectivity index (χ3n) is 5.62. The van der Waals surface area contributed by atoms with Crippen LogP contribution in [0.25, 0.3) is 22.0 Å². The Morgan fingerprint density at radius 2 is 1.86 bits per heavy atom. The van der Waals surface area contributed by atoms with Crippen molar-refractivity contribution in [3.05, 3.63) is 42.6 Å². The van der Waals surface area contributed by atoms with E-state index < -0.39 is 0 Å². The smallest absolute Gasteiger partial charge is 0.228 e. The third kappa shape index (κ3) is 3.89. The number of likely N-dealkylation sites (tertiary alicyclic amines) is 1. The Kier molecular flexibility index (Phi) is 5.09. The van der Waals surface area contributed by atoms with E-state index >= 15 is 0 Å². The van der Waals surface area contributed by atoms with Gasteiger partial charge in [-0.15, -0.1) is 0 Å². The van der Waals surface area contributed by atoms with E-state index in [-0.39, 0.29) is 5.91 Å². The minimum Gasteiger partial charge on any atom is -0.342 e. The first-order valence-corrected chi connectivity index (χ1v) is 9.67. The van der Waals surface area contributed by atoms with Gasteiger partial charge in [-0.05, 0) is 50.5 Å². The molecule has 28 heavy (non-hydrogen) atoms. The van der Waals surface area contributed by atoms with Crippen molar-refractivity contribution < 1.29 is 4.79 Å². The van der Waals surface area contributed by atoms with E-state index in [1.54, 1.807) is 17.1 Å². The van der Waals surface area contributed by atoms with Crippen molar-refractivity contribution in [2.45, 2.75) is 25.3 Å². The van der Waals surface area contributed by atoms with Crippen molar-refractivity contribution in [2.75, 3.05) is 27.2 Å². The summed E-state index contributed by atoms with van der Waals surface area (Å²) in [7, 11) is 5.94. The molecule has 0 N–H and O–H groups in total. The Morgan fingerprint density at radius 1 is 1.11 bits per heavy atom. The lowest BCUT2D eigenvalue weighted by atomic mass is 10.0. The van der Waals surface area contributed by atoms with E-state index in [0.29, 0.717) is 12.5 Å². The van der Waals surface area contributed by atoms with Crippen LogP contribution in [0.15, 0.2) is 36.9 Å². The van der Waals surface area contributed by atoms with E-state index in [4.69, 9.17) is 0 Å². The molecule has 0 atom stereocenters. The topological polar surface area (TPSA) is 67.2 Å². The number of amides is 1. The standard InChI is InChI=1S/C21H26N6O/c1-25-6-4-19(5-7-25)27(3)21(28)10-18-8-15-9-20(17-13-24-26(2)14-17)23-12-16(15)11-22-18/h8-9,11-14,19H,4-7,10H2,1-3H3. The lowest BCUT2D eigenvalue weighted by molar-refractivity contribution is -0.132. The van der Waals surface area contributed by atoms with Crippen LogP contribution in [0.1, 0.15) is 18.5 Å². The summed E-state index contributed by atoms with van der Waals surface area (Å²) >= 11 is 0. The molecular formula is C21H26N6O. The van der Waals surface area contributed by atoms with Crippen LogP contribution in [-0.4, -0.2) is 68.7 Å². The molecule has 7 heteroatoms. The van der Waals surface area contributed by atoms with E-state index in [0.717, 1.165) is 53.7 Å². The van der Waals surface area contributed by atoms with E-state index in [2.05, 4.69) is 27.0 Å². The molecule has 0 aromatic carbocycles. The van der Waals surface area contributed by atoms with Crippen molar-refractivity contribution in [3.63, 3.8) is 0 Å². The van der Waals surface area contributed by atoms with Gasteiger partial charge in [-0.1, -0.05) is 0 Å². The average Bonchev–Trinajstić information content (AvgIpc) is 3.14. The number of rotatable bonds is 4. The molecule has 0 unspecified atom stereocenters. The summed E-state index contributed by atoms with van der Waals surface area (Å²) in [5.41, 5.74) is 2.63. The molecule has 3 aromatic heterocycles. The Bertz CT molecular complexity index is 989. The summed E-state index contributed by atoms with van der Waals surface area (Å²) in [5.74, 6) is 0.128. The molecule has 0 radical (unpaired) electrons. The Hall–Kier alpha value is -2.80. The van der Waals surface area contributed by atoms with Crippen LogP contribution in [0.3, 0.4) is 0 Å². The molecule has 1 aliphatic rings. The number of piperidine rings is 1. The zero-order valence-corrected chi connectivity index (χ0v) is 16.7. The van der Waals surface area contributed by atoms with Crippen molar-refractivity contribution in [3.8, 4) is 11.3 Å². The SMILES string of the molecule is CN1CCC(N(C)C(=O)Cc2cc3cc(-c4cnn(C)c4)ncc3cn2)CC1. The summed E-state index contributed by atoms with van der Waals surface area (Å²) < 4.78 is 1.76. The predicted molar refractivity (Wildman–Crippen MR) is 109 cm³/mol. The van der Waals surface area contributed by atoms with Crippen molar-refractivity contribution >= 4 is 16.7 Å². The van der Waals surface area contributed by atoms with Crippen molar-refractivity contribution in [1.82, 2.24) is 29.5 Å². The molecule has 0 saturated carbocycles. The number of aromatic nitrogens is 4. The number of nitrogens with zero attached hydrogens (tertiary/aromatic N) is 6. The largest absolute Gasteiger partial charge is 0.342 e. The van der Waals surface area contributed by atoms with Gasteiger partial charge in [0.2, 0.25) is 5.91 Å². The van der Waals surface area contributed by atoms with Gasteiger partial charge in [-0.3, -0.25) is 19.4 Å². The zero-order valence-electron chi connectivity index (χ0n) is 16.7. The summed E-state index contributed by atoms with van der Waals surface area (Å²) in [4.78, 5) is 26.0. The molecule has 4 heterocycles. The van der Waals surface area contributed by atoms with Gasteiger partial charge in [0, 0.05) is 49.7 Å². The van der Waals surface area contributed by atoms with Crippen LogP contribution in [0.2, 0.25) is 0 Å². The number of likely N-dealkylation sites (N-methyl/N-ethyl adjacent to an activating group) is 1. The molecule has 7 nitrogen and oxygen atoms in total. The van der Waals surface area contributed by atoms with Gasteiger partial charge in [-0.2, -0.15) is 5.10 Å². The molecule has 1 aliphatic heterocycles. The summed E-state index contributed by atoms with van der Waals surface area (Å²) in [6.07, 6.45) is 9.75. The zero-order chi connectivity index (χ0) is 19.7. The van der Waals surface area contributed by atoms with E-state index in [1.807, 2.05) is 43.5 Å². The number of hydrogen-bond acceptors (Lipinski definition) is 5. The maximum Gasteiger partial charge on any atom is 0.228 e. The van der Waals surface area contributed by atoms with Gasteiger partial charge in [0.1, 0.15) is 0 Å². The fraction of sp³-hybridized carbons (Fsp3) is 0.429. The van der Waals surface area contributed by atoms with Gasteiger partial charge >= 0.3 is 0 Å². The van der Waals surface area contributed by atoms with E-state index in [9.17, 15) is 4.79 Å². The number of aryl methyl sites for hydroxylation is 1. The fourth-order valence-electron chi connectivity index (χ4n) is 3.76. The van der Waals surface area contributed by atoms with Crippen molar-refractivity contribution in [2.24, 2.45) is 7.05 Å². The summed E-state index contributed by atoms with van der Waals surface area (Å²) in [6, 6.07) is 4.35. The first-order chi connectivity index (χ1) is 13.5. The minimum atomic E-state index is 0.128. The van der Waals surface area contributed by atoms with Gasteiger partial charge in [-0.25, -0.2) is 0 Å². The first-order valence-electron chi connectivity index (χ1n) is 9.67. The van der Waals surface area contributed by atoms with Crippen LogP contribution in [0.4, 0.5) is 0 Å². The van der Waals surface area contributed by atoms with Crippen LogP contribution in [0.5, 0.6) is 0 Å². The van der Waals surface area contributed by atoms with Crippen molar-refractivity contribution in [1.29, 1.82) is 0 Å². The number of pyridine rings is 2. The summed E-state index contributed by atoms with van der Waals surface area (Å²) in [5, 5.41) is 6.21. The van der Waals surface area contributed by atoms with E-state index in [1.165, 1.54) is 0 Å². The highest BCUT2D eigenvalue weighted by Gasteiger charge is 2.24. The monoisotopic (exact) mass is 378 g/mol. The Labute approximate surface area is 165 Å². The number of carbonyl (C=O) groups is 1. The Balaban J connectivity index is 1.51. The number of hydrogen-bond donors (Lipinski definition) is 0. The third-order valence-corrected chi connectivity index (χ3v) is 5.62. The van der Waals surface area contributed by atoms with Crippen LogP contribution < -0.4 is 0 Å². The summed E-state index contributed by atoms with van der Waals surface area (Å²) in [6.45, 7) is 2.08. The quantitative estimate of drug-likeness (QED) is 0.696. The lowest BCUT2D eigenvalue weighted by Gasteiger charge is -2.35. The highest BCUT2D eigenvalue weighted by Crippen LogP contribution is 2.22. The maximum absolute atomic E-state index is 12.8. The second-order valence-electron chi connectivity index (χ2n) is 7.71. The molecule has 1 fully saturated rings. The van der Waals surface area contributed by atoms with Crippen LogP contribution >= 0.6 is 0 Å². The molecular weight excluding hydrogens is 352 g/mol. The first kappa shape index (κ1) is 18.6. The molecule has 1 saturated heterocycles. The number of carbonyl (C=O) groups excluding carboxylic acids is 1. The minimum absolute atomic E-state index is 0.128. The number of fused-ring (bicyclic) bond motifs is 1. The Morgan fingerprint density at radius 3 is 2.57 bits per heavy atom. The molecule has 0 spiro atoms. The maximum atomic E-state index is 12.8. The van der Waals surface area contributed by atoms with Gasteiger partial charge < -0.3 is 9.80 Å². The van der Waals surface area contributed by atoms with Gasteiger partial charge in [0.25, 0.3) is 0 Å². The molecule has 0 aliphatic carbocycles. The second kappa shape index (κ2) is 7.67. The average molecular weight is 378 g/mol. The fourth-order valence-corrected chi connectivity index (χ4v) is 3.76. The second-order valence-corrected chi connectivity index (χ2v) is 7.71. The lowest BCUT2D eigenvalue weighted by Crippen LogP contribution is -2.45. The highest BCUT2D eigenvalue weighted by molar-refractivity contribution is 5.86. The van der Waals surface area contributed by atoms with Crippen LogP contribution in [-0.2, 0) is 18.3 Å². The predicted octanol–water partition coefficient (Wildman–Crippen LogP) is 2.13. The molecule has 0 bridgehead atoms. The van der Waals surface area contributed by atoms with Gasteiger partial charge in [0.05, 0.1) is 24.0 Å². The molecule has 4 rings (SSSR count). The van der Waals surface area contributed by atoms with Crippen LogP contribution in [0, 0.1) is 0 Å². The molecule has 146 valence electrons. The molecule has 1 amide bonds.